The van der Waals surface area contributed by atoms with Crippen LogP contribution in [-0.2, 0) is 0 Å². The molecule has 0 aromatic heterocycles. The molecule has 9 aromatic rings. The van der Waals surface area contributed by atoms with Gasteiger partial charge in [0.15, 0.2) is 0 Å². The second-order valence-electron chi connectivity index (χ2n) is 20.0. The van der Waals surface area contributed by atoms with Crippen molar-refractivity contribution >= 4 is 92.1 Å². The molecule has 2 heteroatoms. The van der Waals surface area contributed by atoms with Crippen LogP contribution in [0, 0.1) is 13.8 Å². The van der Waals surface area contributed by atoms with Crippen LogP contribution in [0.4, 0.5) is 34.1 Å². The van der Waals surface area contributed by atoms with Crippen molar-refractivity contribution in [1.29, 1.82) is 0 Å². The molecule has 0 bridgehead atoms. The van der Waals surface area contributed by atoms with Crippen molar-refractivity contribution in [3.63, 3.8) is 0 Å². The smallest absolute Gasteiger partial charge is 0.0619 e. The van der Waals surface area contributed by atoms with Gasteiger partial charge in [-0.2, -0.15) is 0 Å². The van der Waals surface area contributed by atoms with Gasteiger partial charge in [0.05, 0.1) is 11.4 Å². The standard InChI is InChI=1S/C70H64N2/c1-51-21-41-61(42-22-51)71(63-45-37-55(38-46-63)27-25-53-29-33-59(34-30-53)49-57-13-5-3-6-14-57)69-65-17-9-11-19-67(65)70(68-20-12-10-18-66(68)69)72(62-43-23-52(2)24-44-62)64-47-39-56(40-48-64)28-26-54-31-35-60(36-32-54)50-58-15-7-4-8-16-58/h9-12,17-50H,3-8,13-16H2,1-2H3. The number of benzene rings is 9. The highest BCUT2D eigenvalue weighted by molar-refractivity contribution is 6.23. The van der Waals surface area contributed by atoms with Crippen LogP contribution in [-0.4, -0.2) is 0 Å². The number of nitrogens with zero attached hydrogens (tertiary/aromatic N) is 2. The molecule has 2 saturated carbocycles. The summed E-state index contributed by atoms with van der Waals surface area (Å²) in [4.78, 5) is 4.92. The van der Waals surface area contributed by atoms with Crippen molar-refractivity contribution in [2.45, 2.75) is 78.1 Å². The largest absolute Gasteiger partial charge is 0.309 e. The highest BCUT2D eigenvalue weighted by atomic mass is 15.2. The molecule has 0 heterocycles. The molecule has 9 aromatic carbocycles. The van der Waals surface area contributed by atoms with Gasteiger partial charge in [0.2, 0.25) is 0 Å². The van der Waals surface area contributed by atoms with E-state index in [-0.39, 0.29) is 0 Å². The van der Waals surface area contributed by atoms with Gasteiger partial charge in [-0.3, -0.25) is 0 Å². The van der Waals surface area contributed by atoms with E-state index in [2.05, 4.69) is 254 Å². The van der Waals surface area contributed by atoms with Gasteiger partial charge in [-0.15, -0.1) is 0 Å². The summed E-state index contributed by atoms with van der Waals surface area (Å²) in [6.45, 7) is 4.32. The maximum atomic E-state index is 2.46. The highest BCUT2D eigenvalue weighted by Gasteiger charge is 2.25. The second-order valence-corrected chi connectivity index (χ2v) is 20.0. The average molecular weight is 933 g/mol. The van der Waals surface area contributed by atoms with Crippen LogP contribution < -0.4 is 9.80 Å². The van der Waals surface area contributed by atoms with Crippen LogP contribution in [0.25, 0.3) is 58.0 Å². The molecule has 0 spiro atoms. The van der Waals surface area contributed by atoms with Crippen LogP contribution in [0.1, 0.15) is 109 Å². The second kappa shape index (κ2) is 21.6. The molecule has 2 aliphatic carbocycles. The number of fused-ring (bicyclic) bond motifs is 2. The Morgan fingerprint density at radius 1 is 0.278 bits per heavy atom. The van der Waals surface area contributed by atoms with Crippen LogP contribution in [0.3, 0.4) is 0 Å². The highest BCUT2D eigenvalue weighted by Crippen LogP contribution is 2.51. The lowest BCUT2D eigenvalue weighted by Crippen LogP contribution is -2.14. The van der Waals surface area contributed by atoms with Gasteiger partial charge in [0.25, 0.3) is 0 Å². The summed E-state index contributed by atoms with van der Waals surface area (Å²) in [6, 6.07) is 71.9. The van der Waals surface area contributed by atoms with Gasteiger partial charge < -0.3 is 9.80 Å². The minimum absolute atomic E-state index is 1.10. The Balaban J connectivity index is 0.956. The SMILES string of the molecule is Cc1ccc(N(c2ccc(C=Cc3ccc(C=C4CCCCC4)cc3)cc2)c2c3ccccc3c(N(c3ccc(C)cc3)c3ccc(C=Cc4ccc(C=C5CCCCC5)cc4)cc3)c3ccccc23)cc1. The van der Waals surface area contributed by atoms with Crippen LogP contribution in [0.2, 0.25) is 0 Å². The molecule has 0 radical (unpaired) electrons. The van der Waals surface area contributed by atoms with Gasteiger partial charge >= 0.3 is 0 Å². The van der Waals surface area contributed by atoms with E-state index in [1.807, 2.05) is 0 Å². The Hall–Kier alpha value is -7.94. The number of allylic oxidation sites excluding steroid dienone is 2. The van der Waals surface area contributed by atoms with E-state index in [1.54, 1.807) is 11.1 Å². The fourth-order valence-corrected chi connectivity index (χ4v) is 10.8. The van der Waals surface area contributed by atoms with Crippen molar-refractivity contribution in [2.75, 3.05) is 9.80 Å². The maximum absolute atomic E-state index is 2.46. The summed E-state index contributed by atoms with van der Waals surface area (Å²) in [6.07, 6.45) is 26.7. The molecule has 2 aliphatic rings. The number of hydrogen-bond donors (Lipinski definition) is 0. The van der Waals surface area contributed by atoms with Crippen LogP contribution >= 0.6 is 0 Å². The Morgan fingerprint density at radius 2 is 0.528 bits per heavy atom. The van der Waals surface area contributed by atoms with Crippen molar-refractivity contribution in [1.82, 2.24) is 0 Å². The molecule has 0 N–H and O–H groups in total. The van der Waals surface area contributed by atoms with Crippen molar-refractivity contribution < 1.29 is 0 Å². The lowest BCUT2D eigenvalue weighted by Gasteiger charge is -2.33. The van der Waals surface area contributed by atoms with E-state index >= 15 is 0 Å². The summed E-state index contributed by atoms with van der Waals surface area (Å²) in [7, 11) is 0. The summed E-state index contributed by atoms with van der Waals surface area (Å²) in [5.74, 6) is 0. The molecule has 354 valence electrons. The van der Waals surface area contributed by atoms with Gasteiger partial charge in [0.1, 0.15) is 0 Å². The molecular formula is C70H64N2. The van der Waals surface area contributed by atoms with Crippen molar-refractivity contribution in [3.05, 3.63) is 250 Å². The average Bonchev–Trinajstić information content (AvgIpc) is 3.43. The molecular weight excluding hydrogens is 869 g/mol. The van der Waals surface area contributed by atoms with E-state index in [1.165, 1.54) is 119 Å². The van der Waals surface area contributed by atoms with Crippen molar-refractivity contribution in [2.24, 2.45) is 0 Å². The summed E-state index contributed by atoms with van der Waals surface area (Å²) >= 11 is 0. The molecule has 0 unspecified atom stereocenters. The van der Waals surface area contributed by atoms with Crippen LogP contribution in [0.15, 0.2) is 205 Å². The zero-order chi connectivity index (χ0) is 48.6. The Labute approximate surface area is 427 Å². The molecule has 0 saturated heterocycles. The first kappa shape index (κ1) is 46.4. The summed E-state index contributed by atoms with van der Waals surface area (Å²) < 4.78 is 0. The maximum Gasteiger partial charge on any atom is 0.0619 e. The predicted octanol–water partition coefficient (Wildman–Crippen LogP) is 20.6. The number of hydrogen-bond acceptors (Lipinski definition) is 2. The Morgan fingerprint density at radius 3 is 0.819 bits per heavy atom. The first-order valence-corrected chi connectivity index (χ1v) is 26.3. The quantitative estimate of drug-likeness (QED) is 0.0684. The Bertz CT molecular complexity index is 3120. The molecule has 0 amide bonds. The number of rotatable bonds is 12. The molecule has 2 nitrogen and oxygen atoms in total. The molecule has 72 heavy (non-hydrogen) atoms. The first-order valence-electron chi connectivity index (χ1n) is 26.3. The predicted molar refractivity (Wildman–Crippen MR) is 313 cm³/mol. The van der Waals surface area contributed by atoms with Gasteiger partial charge in [-0.1, -0.05) is 217 Å². The monoisotopic (exact) mass is 933 g/mol. The lowest BCUT2D eigenvalue weighted by atomic mass is 9.93. The molecule has 0 atom stereocenters. The fraction of sp³-hybridized carbons (Fsp3) is 0.171. The van der Waals surface area contributed by atoms with Gasteiger partial charge in [0, 0.05) is 44.3 Å². The third-order valence-electron chi connectivity index (χ3n) is 14.8. The number of aryl methyl sites for hydroxylation is 2. The minimum Gasteiger partial charge on any atom is -0.309 e. The summed E-state index contributed by atoms with van der Waals surface area (Å²) in [5, 5.41) is 4.71. The van der Waals surface area contributed by atoms with E-state index in [4.69, 9.17) is 0 Å². The zero-order valence-corrected chi connectivity index (χ0v) is 41.9. The van der Waals surface area contributed by atoms with Crippen LogP contribution in [0.5, 0.6) is 0 Å². The fourth-order valence-electron chi connectivity index (χ4n) is 10.8. The van der Waals surface area contributed by atoms with E-state index in [0.29, 0.717) is 0 Å². The molecule has 11 rings (SSSR count). The van der Waals surface area contributed by atoms with Crippen molar-refractivity contribution in [3.8, 4) is 0 Å². The Kier molecular flexibility index (Phi) is 13.9. The number of anilines is 6. The third-order valence-corrected chi connectivity index (χ3v) is 14.8. The van der Waals surface area contributed by atoms with E-state index in [0.717, 1.165) is 45.3 Å². The summed E-state index contributed by atoms with van der Waals surface area (Å²) in [5.41, 5.74) is 19.7. The lowest BCUT2D eigenvalue weighted by molar-refractivity contribution is 0.602. The van der Waals surface area contributed by atoms with Gasteiger partial charge in [-0.05, 0) is 147 Å². The van der Waals surface area contributed by atoms with Gasteiger partial charge in [-0.25, -0.2) is 0 Å². The first-order chi connectivity index (χ1) is 35.5. The topological polar surface area (TPSA) is 6.48 Å². The molecule has 2 fully saturated rings. The molecule has 0 aliphatic heterocycles. The normalized spacial score (nSPS) is 14.1. The minimum atomic E-state index is 1.10. The van der Waals surface area contributed by atoms with E-state index < -0.39 is 0 Å². The zero-order valence-electron chi connectivity index (χ0n) is 41.9. The van der Waals surface area contributed by atoms with E-state index in [9.17, 15) is 0 Å². The third kappa shape index (κ3) is 10.6.